The molecule has 1 fully saturated rings. The summed E-state index contributed by atoms with van der Waals surface area (Å²) in [4.78, 5) is 0. The zero-order valence-electron chi connectivity index (χ0n) is 12.5. The van der Waals surface area contributed by atoms with Gasteiger partial charge in [0.1, 0.15) is 0 Å². The number of hydrogen-bond acceptors (Lipinski definition) is 5. The second-order valence-corrected chi connectivity index (χ2v) is 4.94. The summed E-state index contributed by atoms with van der Waals surface area (Å²) in [7, 11) is 4.88. The van der Waals surface area contributed by atoms with Crippen LogP contribution in [0.25, 0.3) is 0 Å². The van der Waals surface area contributed by atoms with Gasteiger partial charge in [0.15, 0.2) is 11.5 Å². The first-order valence-corrected chi connectivity index (χ1v) is 7.01. The van der Waals surface area contributed by atoms with Crippen molar-refractivity contribution in [3.05, 3.63) is 17.7 Å². The quantitative estimate of drug-likeness (QED) is 0.672. The fourth-order valence-corrected chi connectivity index (χ4v) is 2.12. The predicted octanol–water partition coefficient (Wildman–Crippen LogP) is 1.55. The van der Waals surface area contributed by atoms with E-state index in [1.54, 1.807) is 21.3 Å². The minimum absolute atomic E-state index is 0.633. The summed E-state index contributed by atoms with van der Waals surface area (Å²) >= 11 is 0. The molecule has 0 aromatic heterocycles. The van der Waals surface area contributed by atoms with Crippen LogP contribution in [0, 0.1) is 0 Å². The molecule has 2 rings (SSSR count). The largest absolute Gasteiger partial charge is 0.493 e. The van der Waals surface area contributed by atoms with E-state index in [0.29, 0.717) is 17.2 Å². The Morgan fingerprint density at radius 1 is 1.00 bits per heavy atom. The van der Waals surface area contributed by atoms with E-state index in [1.165, 1.54) is 12.8 Å². The lowest BCUT2D eigenvalue weighted by Gasteiger charge is -2.14. The molecule has 0 atom stereocenters. The highest BCUT2D eigenvalue weighted by atomic mass is 16.5. The minimum Gasteiger partial charge on any atom is -0.493 e. The van der Waals surface area contributed by atoms with Gasteiger partial charge < -0.3 is 24.8 Å². The van der Waals surface area contributed by atoms with Gasteiger partial charge >= 0.3 is 0 Å². The Labute approximate surface area is 120 Å². The summed E-state index contributed by atoms with van der Waals surface area (Å²) in [6, 6.07) is 4.71. The van der Waals surface area contributed by atoms with E-state index in [0.717, 1.165) is 31.2 Å². The van der Waals surface area contributed by atoms with E-state index in [2.05, 4.69) is 10.6 Å². The van der Waals surface area contributed by atoms with Crippen LogP contribution >= 0.6 is 0 Å². The highest BCUT2D eigenvalue weighted by Gasteiger charge is 2.19. The molecule has 0 aliphatic heterocycles. The molecule has 1 aromatic rings. The molecule has 1 aliphatic carbocycles. The van der Waals surface area contributed by atoms with Gasteiger partial charge in [-0.05, 0) is 30.5 Å². The Bertz CT molecular complexity index is 408. The van der Waals surface area contributed by atoms with E-state index < -0.39 is 0 Å². The van der Waals surface area contributed by atoms with E-state index in [1.807, 2.05) is 12.1 Å². The van der Waals surface area contributed by atoms with Crippen LogP contribution in [0.4, 0.5) is 0 Å². The summed E-state index contributed by atoms with van der Waals surface area (Å²) in [5, 5.41) is 6.88. The molecule has 2 N–H and O–H groups in total. The molecular weight excluding hydrogens is 256 g/mol. The van der Waals surface area contributed by atoms with Crippen LogP contribution in [0.2, 0.25) is 0 Å². The summed E-state index contributed by atoms with van der Waals surface area (Å²) in [5.41, 5.74) is 1.12. The highest BCUT2D eigenvalue weighted by molar-refractivity contribution is 5.53. The first-order valence-electron chi connectivity index (χ1n) is 7.01. The normalized spacial score (nSPS) is 14.2. The van der Waals surface area contributed by atoms with E-state index >= 15 is 0 Å². The minimum atomic E-state index is 0.633. The van der Waals surface area contributed by atoms with Crippen molar-refractivity contribution in [1.29, 1.82) is 0 Å². The van der Waals surface area contributed by atoms with Crippen LogP contribution in [0.1, 0.15) is 18.4 Å². The fourth-order valence-electron chi connectivity index (χ4n) is 2.12. The molecule has 5 heteroatoms. The van der Waals surface area contributed by atoms with E-state index in [-0.39, 0.29) is 0 Å². The first kappa shape index (κ1) is 14.9. The summed E-state index contributed by atoms with van der Waals surface area (Å²) in [5.74, 6) is 2.02. The topological polar surface area (TPSA) is 51.8 Å². The third kappa shape index (κ3) is 4.02. The third-order valence-corrected chi connectivity index (χ3v) is 3.37. The van der Waals surface area contributed by atoms with Crippen molar-refractivity contribution in [1.82, 2.24) is 10.6 Å². The average Bonchev–Trinajstić information content (AvgIpc) is 3.29. The van der Waals surface area contributed by atoms with Gasteiger partial charge in [0.25, 0.3) is 0 Å². The molecule has 1 aliphatic rings. The molecule has 1 aromatic carbocycles. The summed E-state index contributed by atoms with van der Waals surface area (Å²) in [6.07, 6.45) is 2.65. The molecule has 1 saturated carbocycles. The molecular formula is C15H24N2O3. The van der Waals surface area contributed by atoms with Crippen LogP contribution in [-0.2, 0) is 6.54 Å². The molecule has 112 valence electrons. The van der Waals surface area contributed by atoms with Gasteiger partial charge in [-0.15, -0.1) is 0 Å². The fraction of sp³-hybridized carbons (Fsp3) is 0.600. The monoisotopic (exact) mass is 280 g/mol. The first-order chi connectivity index (χ1) is 9.78. The molecule has 5 nitrogen and oxygen atoms in total. The molecule has 0 amide bonds. The number of benzene rings is 1. The van der Waals surface area contributed by atoms with Gasteiger partial charge in [0.05, 0.1) is 21.3 Å². The van der Waals surface area contributed by atoms with Gasteiger partial charge in [-0.3, -0.25) is 0 Å². The summed E-state index contributed by atoms with van der Waals surface area (Å²) in [6.45, 7) is 2.74. The van der Waals surface area contributed by atoms with Crippen LogP contribution in [0.15, 0.2) is 12.1 Å². The Hall–Kier alpha value is -1.46. The van der Waals surface area contributed by atoms with Gasteiger partial charge in [0.2, 0.25) is 5.75 Å². The lowest BCUT2D eigenvalue weighted by Crippen LogP contribution is -2.28. The zero-order valence-corrected chi connectivity index (χ0v) is 12.5. The molecule has 0 saturated heterocycles. The van der Waals surface area contributed by atoms with Crippen molar-refractivity contribution in [2.24, 2.45) is 0 Å². The third-order valence-electron chi connectivity index (χ3n) is 3.37. The average molecular weight is 280 g/mol. The van der Waals surface area contributed by atoms with Crippen molar-refractivity contribution in [3.63, 3.8) is 0 Å². The maximum Gasteiger partial charge on any atom is 0.203 e. The van der Waals surface area contributed by atoms with Gasteiger partial charge in [-0.2, -0.15) is 0 Å². The lowest BCUT2D eigenvalue weighted by atomic mass is 10.2. The lowest BCUT2D eigenvalue weighted by molar-refractivity contribution is 0.323. The van der Waals surface area contributed by atoms with Crippen molar-refractivity contribution in [2.45, 2.75) is 25.4 Å². The smallest absolute Gasteiger partial charge is 0.203 e. The molecule has 0 unspecified atom stereocenters. The predicted molar refractivity (Wildman–Crippen MR) is 78.8 cm³/mol. The van der Waals surface area contributed by atoms with Crippen molar-refractivity contribution >= 4 is 0 Å². The number of nitrogens with one attached hydrogen (secondary N) is 2. The summed E-state index contributed by atoms with van der Waals surface area (Å²) < 4.78 is 16.0. The second-order valence-electron chi connectivity index (χ2n) is 4.94. The van der Waals surface area contributed by atoms with Crippen LogP contribution in [-0.4, -0.2) is 40.5 Å². The number of rotatable bonds is 9. The Morgan fingerprint density at radius 2 is 1.65 bits per heavy atom. The number of methoxy groups -OCH3 is 3. The van der Waals surface area contributed by atoms with Crippen molar-refractivity contribution in [2.75, 3.05) is 34.4 Å². The van der Waals surface area contributed by atoms with Gasteiger partial charge in [-0.25, -0.2) is 0 Å². The van der Waals surface area contributed by atoms with Gasteiger partial charge in [-0.1, -0.05) is 0 Å². The SMILES string of the molecule is COc1cc(CNCCNC2CC2)cc(OC)c1OC. The Morgan fingerprint density at radius 3 is 2.15 bits per heavy atom. The molecule has 0 radical (unpaired) electrons. The maximum absolute atomic E-state index is 5.34. The van der Waals surface area contributed by atoms with Crippen LogP contribution < -0.4 is 24.8 Å². The molecule has 0 spiro atoms. The number of hydrogen-bond donors (Lipinski definition) is 2. The standard InChI is InChI=1S/C15H24N2O3/c1-18-13-8-11(9-14(19-2)15(13)20-3)10-16-6-7-17-12-4-5-12/h8-9,12,16-17H,4-7,10H2,1-3H3. The Kier molecular flexibility index (Phi) is 5.49. The van der Waals surface area contributed by atoms with Crippen molar-refractivity contribution < 1.29 is 14.2 Å². The maximum atomic E-state index is 5.34. The highest BCUT2D eigenvalue weighted by Crippen LogP contribution is 2.38. The van der Waals surface area contributed by atoms with E-state index in [9.17, 15) is 0 Å². The Balaban J connectivity index is 1.89. The molecule has 20 heavy (non-hydrogen) atoms. The molecule has 0 heterocycles. The zero-order chi connectivity index (χ0) is 14.4. The van der Waals surface area contributed by atoms with Crippen LogP contribution in [0.5, 0.6) is 17.2 Å². The molecule has 0 bridgehead atoms. The second kappa shape index (κ2) is 7.36. The van der Waals surface area contributed by atoms with Crippen LogP contribution in [0.3, 0.4) is 0 Å². The van der Waals surface area contributed by atoms with Crippen molar-refractivity contribution in [3.8, 4) is 17.2 Å². The van der Waals surface area contributed by atoms with Gasteiger partial charge in [0, 0.05) is 25.7 Å². The number of ether oxygens (including phenoxy) is 3. The van der Waals surface area contributed by atoms with E-state index in [4.69, 9.17) is 14.2 Å².